The summed E-state index contributed by atoms with van der Waals surface area (Å²) in [6.07, 6.45) is 1.37. The molecule has 6 heteroatoms. The lowest BCUT2D eigenvalue weighted by atomic mass is 10.3. The summed E-state index contributed by atoms with van der Waals surface area (Å²) in [5.74, 6) is 0.0509. The summed E-state index contributed by atoms with van der Waals surface area (Å²) < 4.78 is 1.84. The molecule has 5 nitrogen and oxygen atoms in total. The van der Waals surface area contributed by atoms with Crippen LogP contribution in [-0.4, -0.2) is 22.5 Å². The zero-order valence-electron chi connectivity index (χ0n) is 7.37. The minimum atomic E-state index is -0.268. The molecule has 13 heavy (non-hydrogen) atoms. The van der Waals surface area contributed by atoms with E-state index in [1.165, 1.54) is 17.8 Å². The maximum absolute atomic E-state index is 11.2. The molecule has 0 saturated carbocycles. The number of anilines is 1. The van der Waals surface area contributed by atoms with Crippen molar-refractivity contribution in [2.75, 3.05) is 12.8 Å². The van der Waals surface area contributed by atoms with Gasteiger partial charge in [0.2, 0.25) is 4.77 Å². The third-order valence-corrected chi connectivity index (χ3v) is 2.08. The highest BCUT2D eigenvalue weighted by Gasteiger charge is 2.09. The van der Waals surface area contributed by atoms with E-state index in [0.29, 0.717) is 16.2 Å². The standard InChI is InChI=1S/C7H10N4OS/c1-9-6(12)4-3-10-7(13)11(2)5(4)8/h3H,8H2,1-2H3,(H,9,12). The second kappa shape index (κ2) is 3.53. The number of nitrogens with one attached hydrogen (secondary N) is 1. The number of nitrogens with zero attached hydrogens (tertiary/aromatic N) is 2. The maximum atomic E-state index is 11.2. The van der Waals surface area contributed by atoms with Crippen LogP contribution in [0.15, 0.2) is 6.20 Å². The largest absolute Gasteiger partial charge is 0.384 e. The van der Waals surface area contributed by atoms with Crippen LogP contribution in [0.3, 0.4) is 0 Å². The van der Waals surface area contributed by atoms with Crippen LogP contribution >= 0.6 is 12.2 Å². The minimum absolute atomic E-state index is 0.268. The Kier molecular flexibility index (Phi) is 2.62. The van der Waals surface area contributed by atoms with Gasteiger partial charge in [-0.05, 0) is 12.2 Å². The van der Waals surface area contributed by atoms with Crippen molar-refractivity contribution in [1.29, 1.82) is 0 Å². The Labute approximate surface area is 80.6 Å². The molecule has 0 spiro atoms. The lowest BCUT2D eigenvalue weighted by Crippen LogP contribution is -2.21. The van der Waals surface area contributed by atoms with Crippen molar-refractivity contribution in [3.8, 4) is 0 Å². The zero-order valence-corrected chi connectivity index (χ0v) is 8.18. The van der Waals surface area contributed by atoms with E-state index >= 15 is 0 Å². The first-order chi connectivity index (χ1) is 6.07. The molecule has 0 unspecified atom stereocenters. The quantitative estimate of drug-likeness (QED) is 0.627. The van der Waals surface area contributed by atoms with E-state index in [0.717, 1.165) is 0 Å². The minimum Gasteiger partial charge on any atom is -0.384 e. The number of hydrogen-bond acceptors (Lipinski definition) is 4. The van der Waals surface area contributed by atoms with Crippen LogP contribution < -0.4 is 11.1 Å². The summed E-state index contributed by atoms with van der Waals surface area (Å²) in [5, 5.41) is 2.46. The van der Waals surface area contributed by atoms with E-state index in [4.69, 9.17) is 18.0 Å². The van der Waals surface area contributed by atoms with Gasteiger partial charge in [-0.15, -0.1) is 0 Å². The Morgan fingerprint density at radius 1 is 1.77 bits per heavy atom. The highest BCUT2D eigenvalue weighted by Crippen LogP contribution is 2.08. The monoisotopic (exact) mass is 198 g/mol. The lowest BCUT2D eigenvalue weighted by molar-refractivity contribution is 0.0963. The molecular formula is C7H10N4OS. The van der Waals surface area contributed by atoms with Gasteiger partial charge < -0.3 is 15.6 Å². The molecule has 0 aliphatic carbocycles. The molecule has 1 amide bonds. The molecule has 0 saturated heterocycles. The third kappa shape index (κ3) is 1.67. The maximum Gasteiger partial charge on any atom is 0.256 e. The second-order valence-corrected chi connectivity index (χ2v) is 2.84. The fourth-order valence-electron chi connectivity index (χ4n) is 0.866. The molecular weight excluding hydrogens is 188 g/mol. The highest BCUT2D eigenvalue weighted by atomic mass is 32.1. The average Bonchev–Trinajstić information content (AvgIpc) is 2.13. The van der Waals surface area contributed by atoms with Crippen LogP contribution in [0.25, 0.3) is 0 Å². The molecule has 3 N–H and O–H groups in total. The molecule has 0 aliphatic heterocycles. The van der Waals surface area contributed by atoms with E-state index < -0.39 is 0 Å². The van der Waals surface area contributed by atoms with Gasteiger partial charge in [0.25, 0.3) is 5.91 Å². The number of nitrogens with two attached hydrogens (primary N) is 1. The molecule has 0 bridgehead atoms. The van der Waals surface area contributed by atoms with Crippen molar-refractivity contribution >= 4 is 23.9 Å². The smallest absolute Gasteiger partial charge is 0.256 e. The van der Waals surface area contributed by atoms with Crippen molar-refractivity contribution in [3.05, 3.63) is 16.5 Å². The van der Waals surface area contributed by atoms with E-state index in [9.17, 15) is 4.79 Å². The summed E-state index contributed by atoms with van der Waals surface area (Å²) in [4.78, 5) is 15.1. The van der Waals surface area contributed by atoms with Crippen molar-refractivity contribution in [2.24, 2.45) is 7.05 Å². The van der Waals surface area contributed by atoms with Crippen molar-refractivity contribution < 1.29 is 4.79 Å². The number of amides is 1. The summed E-state index contributed by atoms with van der Waals surface area (Å²) in [7, 11) is 3.19. The van der Waals surface area contributed by atoms with Gasteiger partial charge >= 0.3 is 0 Å². The first kappa shape index (κ1) is 9.66. The van der Waals surface area contributed by atoms with Gasteiger partial charge in [0, 0.05) is 20.3 Å². The van der Waals surface area contributed by atoms with E-state index in [2.05, 4.69) is 10.3 Å². The van der Waals surface area contributed by atoms with Crippen LogP contribution in [0.4, 0.5) is 5.82 Å². The highest BCUT2D eigenvalue weighted by molar-refractivity contribution is 7.71. The molecule has 1 aromatic heterocycles. The first-order valence-corrected chi connectivity index (χ1v) is 4.02. The van der Waals surface area contributed by atoms with Gasteiger partial charge in [-0.2, -0.15) is 0 Å². The Morgan fingerprint density at radius 2 is 2.38 bits per heavy atom. The van der Waals surface area contributed by atoms with Gasteiger partial charge in [0.15, 0.2) is 0 Å². The molecule has 1 aromatic rings. The first-order valence-electron chi connectivity index (χ1n) is 3.61. The molecule has 0 fully saturated rings. The lowest BCUT2D eigenvalue weighted by Gasteiger charge is -2.07. The van der Waals surface area contributed by atoms with Gasteiger partial charge in [0.05, 0.1) is 5.56 Å². The number of carbonyl (C=O) groups excluding carboxylic acids is 1. The number of hydrogen-bond donors (Lipinski definition) is 2. The van der Waals surface area contributed by atoms with Crippen LogP contribution in [0.1, 0.15) is 10.4 Å². The molecule has 0 aromatic carbocycles. The van der Waals surface area contributed by atoms with Crippen LogP contribution in [-0.2, 0) is 7.05 Å². The van der Waals surface area contributed by atoms with E-state index in [-0.39, 0.29) is 5.91 Å². The number of rotatable bonds is 1. The van der Waals surface area contributed by atoms with Crippen LogP contribution in [0, 0.1) is 4.77 Å². The number of aromatic nitrogens is 2. The predicted octanol–water partition coefficient (Wildman–Crippen LogP) is 0.0914. The van der Waals surface area contributed by atoms with Crippen molar-refractivity contribution in [3.63, 3.8) is 0 Å². The Morgan fingerprint density at radius 3 is 2.92 bits per heavy atom. The zero-order chi connectivity index (χ0) is 10.0. The third-order valence-electron chi connectivity index (χ3n) is 1.70. The normalized spacial score (nSPS) is 9.69. The molecule has 0 aliphatic rings. The summed E-state index contributed by atoms with van der Waals surface area (Å²) in [5.41, 5.74) is 5.99. The molecule has 1 rings (SSSR count). The molecule has 1 heterocycles. The van der Waals surface area contributed by atoms with Gasteiger partial charge in [-0.1, -0.05) is 0 Å². The van der Waals surface area contributed by atoms with Crippen LogP contribution in [0.2, 0.25) is 0 Å². The predicted molar refractivity (Wildman–Crippen MR) is 51.8 cm³/mol. The molecule has 0 radical (unpaired) electrons. The Bertz CT molecular complexity index is 398. The van der Waals surface area contributed by atoms with Gasteiger partial charge in [-0.3, -0.25) is 4.79 Å². The number of carbonyl (C=O) groups is 1. The van der Waals surface area contributed by atoms with E-state index in [1.807, 2.05) is 0 Å². The van der Waals surface area contributed by atoms with E-state index in [1.54, 1.807) is 7.05 Å². The molecule has 0 atom stereocenters. The Hall–Kier alpha value is -1.43. The Balaban J connectivity index is 3.34. The fraction of sp³-hybridized carbons (Fsp3) is 0.286. The second-order valence-electron chi connectivity index (χ2n) is 2.48. The summed E-state index contributed by atoms with van der Waals surface area (Å²) in [6, 6.07) is 0. The topological polar surface area (TPSA) is 72.9 Å². The SMILES string of the molecule is CNC(=O)c1cnc(=S)n(C)c1N. The number of nitrogen functional groups attached to an aromatic ring is 1. The van der Waals surface area contributed by atoms with Crippen LogP contribution in [0.5, 0.6) is 0 Å². The molecule has 70 valence electrons. The van der Waals surface area contributed by atoms with Crippen molar-refractivity contribution in [2.45, 2.75) is 0 Å². The van der Waals surface area contributed by atoms with Crippen molar-refractivity contribution in [1.82, 2.24) is 14.9 Å². The summed E-state index contributed by atoms with van der Waals surface area (Å²) in [6.45, 7) is 0. The van der Waals surface area contributed by atoms with Gasteiger partial charge in [-0.25, -0.2) is 4.98 Å². The van der Waals surface area contributed by atoms with Gasteiger partial charge in [0.1, 0.15) is 5.82 Å². The summed E-state index contributed by atoms with van der Waals surface area (Å²) >= 11 is 4.86. The average molecular weight is 198 g/mol. The fourth-order valence-corrected chi connectivity index (χ4v) is 1.02.